The molecule has 0 saturated heterocycles. The van der Waals surface area contributed by atoms with Crippen LogP contribution < -0.4 is 14.5 Å². The first-order valence-corrected chi connectivity index (χ1v) is 11.5. The minimum Gasteiger partial charge on any atom is -0.494 e. The van der Waals surface area contributed by atoms with Crippen LogP contribution in [0.3, 0.4) is 0 Å². The highest BCUT2D eigenvalue weighted by molar-refractivity contribution is 7.92. The standard InChI is InChI=1S/C24H25N3O4S/c1-4-31-22-16-12-19(13-17-22)18(2)25-26-24(28)20-10-14-21(15-11-20)27(3)32(29,30)23-8-6-5-7-9-23/h5-17H,4H2,1-3H3,(H,26,28)/b25-18+. The third-order valence-corrected chi connectivity index (χ3v) is 6.60. The van der Waals surface area contributed by atoms with Crippen molar-refractivity contribution in [1.82, 2.24) is 5.43 Å². The fourth-order valence-electron chi connectivity index (χ4n) is 2.93. The lowest BCUT2D eigenvalue weighted by molar-refractivity contribution is 0.0955. The topological polar surface area (TPSA) is 88.1 Å². The monoisotopic (exact) mass is 451 g/mol. The van der Waals surface area contributed by atoms with Crippen LogP contribution in [0.15, 0.2) is 88.9 Å². The molecule has 0 aliphatic carbocycles. The molecule has 0 unspecified atom stereocenters. The molecule has 0 saturated carbocycles. The Morgan fingerprint density at radius 2 is 1.53 bits per heavy atom. The van der Waals surface area contributed by atoms with Crippen molar-refractivity contribution in [2.45, 2.75) is 18.7 Å². The van der Waals surface area contributed by atoms with E-state index in [4.69, 9.17) is 4.74 Å². The van der Waals surface area contributed by atoms with Crippen LogP contribution >= 0.6 is 0 Å². The van der Waals surface area contributed by atoms with Gasteiger partial charge in [0, 0.05) is 12.6 Å². The number of nitrogens with zero attached hydrogens (tertiary/aromatic N) is 2. The van der Waals surface area contributed by atoms with Crippen LogP contribution in [0.4, 0.5) is 5.69 Å². The van der Waals surface area contributed by atoms with Gasteiger partial charge in [-0.25, -0.2) is 13.8 Å². The predicted octanol–water partition coefficient (Wildman–Crippen LogP) is 4.06. The third-order valence-electron chi connectivity index (χ3n) is 4.80. The van der Waals surface area contributed by atoms with Crippen molar-refractivity contribution in [3.63, 3.8) is 0 Å². The molecule has 32 heavy (non-hydrogen) atoms. The van der Waals surface area contributed by atoms with Crippen molar-refractivity contribution in [1.29, 1.82) is 0 Å². The number of ether oxygens (including phenoxy) is 1. The van der Waals surface area contributed by atoms with Crippen LogP contribution in [0, 0.1) is 0 Å². The number of amides is 1. The molecular formula is C24H25N3O4S. The normalized spacial score (nSPS) is 11.7. The van der Waals surface area contributed by atoms with Crippen LogP contribution in [0.2, 0.25) is 0 Å². The highest BCUT2D eigenvalue weighted by Gasteiger charge is 2.21. The zero-order valence-electron chi connectivity index (χ0n) is 18.1. The number of carbonyl (C=O) groups is 1. The second-order valence-electron chi connectivity index (χ2n) is 6.93. The number of sulfonamides is 1. The fourth-order valence-corrected chi connectivity index (χ4v) is 4.15. The Morgan fingerprint density at radius 3 is 2.12 bits per heavy atom. The summed E-state index contributed by atoms with van der Waals surface area (Å²) in [6.45, 7) is 4.31. The first-order valence-electron chi connectivity index (χ1n) is 10.0. The van der Waals surface area contributed by atoms with E-state index in [2.05, 4.69) is 10.5 Å². The van der Waals surface area contributed by atoms with Gasteiger partial charge in [0.1, 0.15) is 5.75 Å². The largest absolute Gasteiger partial charge is 0.494 e. The summed E-state index contributed by atoms with van der Waals surface area (Å²) < 4.78 is 32.1. The van der Waals surface area contributed by atoms with E-state index in [0.717, 1.165) is 11.3 Å². The lowest BCUT2D eigenvalue weighted by Gasteiger charge is -2.19. The Morgan fingerprint density at radius 1 is 0.938 bits per heavy atom. The Balaban J connectivity index is 1.67. The van der Waals surface area contributed by atoms with Crippen LogP contribution in [0.1, 0.15) is 29.8 Å². The molecule has 0 aliphatic heterocycles. The van der Waals surface area contributed by atoms with Crippen LogP contribution in [-0.4, -0.2) is 33.7 Å². The van der Waals surface area contributed by atoms with Crippen molar-refractivity contribution in [2.75, 3.05) is 18.0 Å². The minimum atomic E-state index is -3.68. The smallest absolute Gasteiger partial charge is 0.271 e. The molecule has 1 N–H and O–H groups in total. The molecule has 0 fully saturated rings. The van der Waals surface area contributed by atoms with Crippen molar-refractivity contribution in [3.05, 3.63) is 90.0 Å². The van der Waals surface area contributed by atoms with E-state index in [9.17, 15) is 13.2 Å². The van der Waals surface area contributed by atoms with Crippen LogP contribution in [0.25, 0.3) is 0 Å². The number of hydrogen-bond acceptors (Lipinski definition) is 5. The maximum atomic E-state index is 12.7. The van der Waals surface area contributed by atoms with Crippen molar-refractivity contribution in [3.8, 4) is 5.75 Å². The minimum absolute atomic E-state index is 0.198. The average Bonchev–Trinajstić information content (AvgIpc) is 2.83. The lowest BCUT2D eigenvalue weighted by atomic mass is 10.1. The number of benzene rings is 3. The van der Waals surface area contributed by atoms with E-state index in [0.29, 0.717) is 23.6 Å². The summed E-state index contributed by atoms with van der Waals surface area (Å²) in [7, 11) is -2.21. The molecule has 0 heterocycles. The van der Waals surface area contributed by atoms with E-state index in [1.54, 1.807) is 61.5 Å². The number of anilines is 1. The molecule has 0 bridgehead atoms. The van der Waals surface area contributed by atoms with Crippen molar-refractivity contribution in [2.24, 2.45) is 5.10 Å². The van der Waals surface area contributed by atoms with E-state index >= 15 is 0 Å². The molecule has 8 heteroatoms. The predicted molar refractivity (Wildman–Crippen MR) is 126 cm³/mol. The second kappa shape index (κ2) is 10.1. The fraction of sp³-hybridized carbons (Fsp3) is 0.167. The summed E-state index contributed by atoms with van der Waals surface area (Å²) in [5, 5.41) is 4.15. The quantitative estimate of drug-likeness (QED) is 0.413. The van der Waals surface area contributed by atoms with Gasteiger partial charge in [0.05, 0.1) is 22.9 Å². The third kappa shape index (κ3) is 5.33. The molecule has 1 amide bonds. The molecule has 0 spiro atoms. The number of hydrazone groups is 1. The molecule has 3 aromatic carbocycles. The van der Waals surface area contributed by atoms with Crippen molar-refractivity contribution < 1.29 is 17.9 Å². The molecule has 0 atom stereocenters. The van der Waals surface area contributed by atoms with E-state index in [-0.39, 0.29) is 4.90 Å². The van der Waals surface area contributed by atoms with Gasteiger partial charge in [-0.15, -0.1) is 0 Å². The van der Waals surface area contributed by atoms with Gasteiger partial charge in [-0.05, 0) is 80.1 Å². The van der Waals surface area contributed by atoms with E-state index < -0.39 is 15.9 Å². The van der Waals surface area contributed by atoms with Gasteiger partial charge < -0.3 is 4.74 Å². The average molecular weight is 452 g/mol. The van der Waals surface area contributed by atoms with E-state index in [1.807, 2.05) is 31.2 Å². The van der Waals surface area contributed by atoms with Gasteiger partial charge in [-0.1, -0.05) is 18.2 Å². The molecule has 0 aromatic heterocycles. The van der Waals surface area contributed by atoms with Gasteiger partial charge in [0.2, 0.25) is 0 Å². The van der Waals surface area contributed by atoms with Gasteiger partial charge in [-0.2, -0.15) is 5.10 Å². The van der Waals surface area contributed by atoms with Crippen LogP contribution in [0.5, 0.6) is 5.75 Å². The van der Waals surface area contributed by atoms with E-state index in [1.165, 1.54) is 11.4 Å². The Hall–Kier alpha value is -3.65. The molecule has 166 valence electrons. The zero-order valence-corrected chi connectivity index (χ0v) is 19.0. The highest BCUT2D eigenvalue weighted by Crippen LogP contribution is 2.22. The van der Waals surface area contributed by atoms with Crippen molar-refractivity contribution >= 4 is 27.3 Å². The summed E-state index contributed by atoms with van der Waals surface area (Å²) in [5.74, 6) is 0.378. The zero-order chi connectivity index (χ0) is 23.1. The number of hydrogen-bond donors (Lipinski definition) is 1. The first-order chi connectivity index (χ1) is 15.3. The molecular weight excluding hydrogens is 426 g/mol. The number of rotatable bonds is 8. The first kappa shape index (κ1) is 23.0. The van der Waals surface area contributed by atoms with Gasteiger partial charge in [-0.3, -0.25) is 9.10 Å². The second-order valence-corrected chi connectivity index (χ2v) is 8.90. The summed E-state index contributed by atoms with van der Waals surface area (Å²) in [6, 6.07) is 21.9. The van der Waals surface area contributed by atoms with Gasteiger partial charge in [0.15, 0.2) is 0 Å². The Labute approximate surface area is 188 Å². The Bertz CT molecular complexity index is 1190. The maximum Gasteiger partial charge on any atom is 0.271 e. The maximum absolute atomic E-state index is 12.7. The summed E-state index contributed by atoms with van der Waals surface area (Å²) in [6.07, 6.45) is 0. The van der Waals surface area contributed by atoms with Crippen LogP contribution in [-0.2, 0) is 10.0 Å². The SMILES string of the molecule is CCOc1ccc(/C(C)=N/NC(=O)c2ccc(N(C)S(=O)(=O)c3ccccc3)cc2)cc1. The highest BCUT2D eigenvalue weighted by atomic mass is 32.2. The molecule has 3 aromatic rings. The molecule has 7 nitrogen and oxygen atoms in total. The van der Waals surface area contributed by atoms with Gasteiger partial charge in [0.25, 0.3) is 15.9 Å². The summed E-state index contributed by atoms with van der Waals surface area (Å²) in [5.41, 5.74) is 4.84. The molecule has 3 rings (SSSR count). The summed E-state index contributed by atoms with van der Waals surface area (Å²) >= 11 is 0. The van der Waals surface area contributed by atoms with Gasteiger partial charge >= 0.3 is 0 Å². The number of carbonyl (C=O) groups excluding carboxylic acids is 1. The lowest BCUT2D eigenvalue weighted by Crippen LogP contribution is -2.26. The Kier molecular flexibility index (Phi) is 7.27. The molecule has 0 aliphatic rings. The molecule has 0 radical (unpaired) electrons. The number of nitrogens with one attached hydrogen (secondary N) is 1. The summed E-state index contributed by atoms with van der Waals surface area (Å²) in [4.78, 5) is 12.6.